The topological polar surface area (TPSA) is 18.5 Å². The number of hydrogen-bond acceptors (Lipinski definition) is 2. The molecule has 1 aliphatic rings. The van der Waals surface area contributed by atoms with Gasteiger partial charge in [-0.15, -0.1) is 0 Å². The van der Waals surface area contributed by atoms with E-state index in [9.17, 15) is 0 Å². The molecule has 0 aromatic heterocycles. The van der Waals surface area contributed by atoms with Crippen LogP contribution < -0.4 is 9.47 Å². The van der Waals surface area contributed by atoms with Gasteiger partial charge in [0.2, 0.25) is 6.29 Å². The fraction of sp³-hybridized carbons (Fsp3) is 0.455. The van der Waals surface area contributed by atoms with Crippen molar-refractivity contribution in [3.05, 3.63) is 24.3 Å². The van der Waals surface area contributed by atoms with E-state index in [1.807, 2.05) is 24.3 Å². The summed E-state index contributed by atoms with van der Waals surface area (Å²) in [6.45, 7) is 2.17. The van der Waals surface area contributed by atoms with Gasteiger partial charge in [0.1, 0.15) is 0 Å². The Labute approximate surface area is 78.5 Å². The van der Waals surface area contributed by atoms with Crippen LogP contribution in [-0.2, 0) is 0 Å². The monoisotopic (exact) mass is 178 g/mol. The maximum absolute atomic E-state index is 5.59. The van der Waals surface area contributed by atoms with Gasteiger partial charge in [0.25, 0.3) is 0 Å². The summed E-state index contributed by atoms with van der Waals surface area (Å²) in [5.74, 6) is 1.76. The van der Waals surface area contributed by atoms with E-state index in [1.165, 1.54) is 6.42 Å². The molecule has 0 saturated heterocycles. The minimum absolute atomic E-state index is 0.0580. The average Bonchev–Trinajstić information content (AvgIpc) is 2.57. The van der Waals surface area contributed by atoms with Crippen LogP contribution in [-0.4, -0.2) is 6.29 Å². The largest absolute Gasteiger partial charge is 0.451 e. The lowest BCUT2D eigenvalue weighted by molar-refractivity contribution is 0.0400. The summed E-state index contributed by atoms with van der Waals surface area (Å²) < 4.78 is 11.2. The van der Waals surface area contributed by atoms with Crippen molar-refractivity contribution in [2.24, 2.45) is 0 Å². The SMILES string of the molecule is CCCCC1Oc2ccccc2O1. The van der Waals surface area contributed by atoms with Gasteiger partial charge >= 0.3 is 0 Å². The van der Waals surface area contributed by atoms with Gasteiger partial charge in [0.15, 0.2) is 11.5 Å². The molecular weight excluding hydrogens is 164 g/mol. The smallest absolute Gasteiger partial charge is 0.241 e. The number of fused-ring (bicyclic) bond motifs is 1. The van der Waals surface area contributed by atoms with E-state index in [0.29, 0.717) is 0 Å². The number of rotatable bonds is 3. The van der Waals surface area contributed by atoms with Crippen molar-refractivity contribution in [2.45, 2.75) is 32.5 Å². The van der Waals surface area contributed by atoms with Crippen molar-refractivity contribution in [1.29, 1.82) is 0 Å². The molecule has 1 aliphatic heterocycles. The predicted octanol–water partition coefficient (Wildman–Crippen LogP) is 2.97. The maximum atomic E-state index is 5.59. The van der Waals surface area contributed by atoms with Crippen LogP contribution in [0.5, 0.6) is 11.5 Å². The van der Waals surface area contributed by atoms with Crippen LogP contribution in [0, 0.1) is 0 Å². The van der Waals surface area contributed by atoms with Crippen molar-refractivity contribution in [1.82, 2.24) is 0 Å². The van der Waals surface area contributed by atoms with Gasteiger partial charge in [0.05, 0.1) is 0 Å². The first-order chi connectivity index (χ1) is 6.40. The Kier molecular flexibility index (Phi) is 2.39. The third kappa shape index (κ3) is 1.77. The number of unbranched alkanes of at least 4 members (excludes halogenated alkanes) is 1. The molecule has 0 atom stereocenters. The van der Waals surface area contributed by atoms with Crippen molar-refractivity contribution in [3.8, 4) is 11.5 Å². The molecule has 0 N–H and O–H groups in total. The molecule has 0 radical (unpaired) electrons. The first-order valence-corrected chi connectivity index (χ1v) is 4.82. The minimum atomic E-state index is -0.0580. The summed E-state index contributed by atoms with van der Waals surface area (Å²) >= 11 is 0. The van der Waals surface area contributed by atoms with Gasteiger partial charge < -0.3 is 9.47 Å². The van der Waals surface area contributed by atoms with E-state index >= 15 is 0 Å². The third-order valence-corrected chi connectivity index (χ3v) is 2.16. The number of benzene rings is 1. The van der Waals surface area contributed by atoms with Crippen LogP contribution in [0.3, 0.4) is 0 Å². The maximum Gasteiger partial charge on any atom is 0.241 e. The normalized spacial score (nSPS) is 14.8. The van der Waals surface area contributed by atoms with Gasteiger partial charge in [-0.05, 0) is 18.6 Å². The Balaban J connectivity index is 1.97. The number of ether oxygens (including phenoxy) is 2. The molecule has 70 valence electrons. The second-order valence-electron chi connectivity index (χ2n) is 3.25. The molecule has 13 heavy (non-hydrogen) atoms. The summed E-state index contributed by atoms with van der Waals surface area (Å²) in [6, 6.07) is 7.82. The van der Waals surface area contributed by atoms with Crippen LogP contribution in [0.1, 0.15) is 26.2 Å². The zero-order valence-electron chi connectivity index (χ0n) is 7.82. The summed E-state index contributed by atoms with van der Waals surface area (Å²) in [6.07, 6.45) is 3.25. The highest BCUT2D eigenvalue weighted by atomic mass is 16.7. The van der Waals surface area contributed by atoms with E-state index in [-0.39, 0.29) is 6.29 Å². The van der Waals surface area contributed by atoms with Gasteiger partial charge in [-0.1, -0.05) is 25.5 Å². The predicted molar refractivity (Wildman–Crippen MR) is 51.0 cm³/mol. The highest BCUT2D eigenvalue weighted by Crippen LogP contribution is 2.35. The Morgan fingerprint density at radius 2 is 1.77 bits per heavy atom. The molecule has 0 bridgehead atoms. The molecular formula is C11H14O2. The molecule has 1 aromatic rings. The average molecular weight is 178 g/mol. The summed E-state index contributed by atoms with van der Waals surface area (Å²) in [5, 5.41) is 0. The Morgan fingerprint density at radius 3 is 2.31 bits per heavy atom. The summed E-state index contributed by atoms with van der Waals surface area (Å²) in [7, 11) is 0. The van der Waals surface area contributed by atoms with Crippen LogP contribution in [0.15, 0.2) is 24.3 Å². The molecule has 0 saturated carbocycles. The zero-order chi connectivity index (χ0) is 9.10. The second-order valence-corrected chi connectivity index (χ2v) is 3.25. The molecule has 2 heteroatoms. The lowest BCUT2D eigenvalue weighted by Crippen LogP contribution is -2.17. The second kappa shape index (κ2) is 3.69. The van der Waals surface area contributed by atoms with E-state index in [4.69, 9.17) is 9.47 Å². The lowest BCUT2D eigenvalue weighted by Gasteiger charge is -2.08. The van der Waals surface area contributed by atoms with Gasteiger partial charge in [0, 0.05) is 6.42 Å². The van der Waals surface area contributed by atoms with Crippen molar-refractivity contribution in [3.63, 3.8) is 0 Å². The van der Waals surface area contributed by atoms with Crippen molar-refractivity contribution >= 4 is 0 Å². The van der Waals surface area contributed by atoms with E-state index in [1.54, 1.807) is 0 Å². The Morgan fingerprint density at radius 1 is 1.15 bits per heavy atom. The minimum Gasteiger partial charge on any atom is -0.451 e. The van der Waals surface area contributed by atoms with Crippen LogP contribution in [0.4, 0.5) is 0 Å². The summed E-state index contributed by atoms with van der Waals surface area (Å²) in [4.78, 5) is 0. The van der Waals surface area contributed by atoms with Gasteiger partial charge in [-0.2, -0.15) is 0 Å². The highest BCUT2D eigenvalue weighted by molar-refractivity contribution is 5.41. The molecule has 2 rings (SSSR count). The van der Waals surface area contributed by atoms with Crippen LogP contribution in [0.2, 0.25) is 0 Å². The molecule has 2 nitrogen and oxygen atoms in total. The van der Waals surface area contributed by atoms with E-state index in [2.05, 4.69) is 6.92 Å². The van der Waals surface area contributed by atoms with Crippen molar-refractivity contribution in [2.75, 3.05) is 0 Å². The first-order valence-electron chi connectivity index (χ1n) is 4.82. The lowest BCUT2D eigenvalue weighted by atomic mass is 10.2. The fourth-order valence-corrected chi connectivity index (χ4v) is 1.44. The van der Waals surface area contributed by atoms with Crippen LogP contribution >= 0.6 is 0 Å². The zero-order valence-corrected chi connectivity index (χ0v) is 7.82. The first kappa shape index (κ1) is 8.42. The van der Waals surface area contributed by atoms with Gasteiger partial charge in [-0.25, -0.2) is 0 Å². The summed E-state index contributed by atoms with van der Waals surface area (Å²) in [5.41, 5.74) is 0. The molecule has 0 amide bonds. The fourth-order valence-electron chi connectivity index (χ4n) is 1.44. The standard InChI is InChI=1S/C11H14O2/c1-2-3-8-11-12-9-6-4-5-7-10(9)13-11/h4-7,11H,2-3,8H2,1H3. The number of para-hydroxylation sites is 2. The van der Waals surface area contributed by atoms with E-state index in [0.717, 1.165) is 24.3 Å². The highest BCUT2D eigenvalue weighted by Gasteiger charge is 2.22. The van der Waals surface area contributed by atoms with Crippen LogP contribution in [0.25, 0.3) is 0 Å². The van der Waals surface area contributed by atoms with Crippen molar-refractivity contribution < 1.29 is 9.47 Å². The molecule has 0 unspecified atom stereocenters. The Bertz CT molecular complexity index is 258. The quantitative estimate of drug-likeness (QED) is 0.708. The third-order valence-electron chi connectivity index (χ3n) is 2.16. The molecule has 1 aromatic carbocycles. The molecule has 0 spiro atoms. The van der Waals surface area contributed by atoms with E-state index < -0.39 is 0 Å². The molecule has 0 fully saturated rings. The van der Waals surface area contributed by atoms with Gasteiger partial charge in [-0.3, -0.25) is 0 Å². The molecule has 1 heterocycles. The number of hydrogen-bond donors (Lipinski definition) is 0. The molecule has 0 aliphatic carbocycles. The Hall–Kier alpha value is -1.18.